The van der Waals surface area contributed by atoms with Gasteiger partial charge in [-0.05, 0) is 42.5 Å². The van der Waals surface area contributed by atoms with Gasteiger partial charge in [0, 0.05) is 19.5 Å². The molecule has 1 fully saturated rings. The van der Waals surface area contributed by atoms with E-state index in [9.17, 15) is 8.42 Å². The zero-order chi connectivity index (χ0) is 18.6. The molecule has 2 heterocycles. The molecule has 2 aliphatic rings. The number of hydrogen-bond acceptors (Lipinski definition) is 4. The van der Waals surface area contributed by atoms with Crippen LogP contribution in [0.25, 0.3) is 5.57 Å². The minimum absolute atomic E-state index is 0.133. The van der Waals surface area contributed by atoms with Crippen molar-refractivity contribution in [3.63, 3.8) is 0 Å². The second kappa shape index (κ2) is 8.07. The molecular formula is C21H30N2O2S. The lowest BCUT2D eigenvalue weighted by Gasteiger charge is -2.39. The smallest absolute Gasteiger partial charge is 0.167 e. The predicted molar refractivity (Wildman–Crippen MR) is 109 cm³/mol. The second-order valence-electron chi connectivity index (χ2n) is 7.90. The first kappa shape index (κ1) is 19.3. The Balaban J connectivity index is 1.65. The average Bonchev–Trinajstić information content (AvgIpc) is 2.64. The van der Waals surface area contributed by atoms with Gasteiger partial charge in [-0.25, -0.2) is 8.42 Å². The standard InChI is InChI=1S/C21H30N2O2S/c1-3-13-23-14-10-21(2,11-15-23)17-26(24,25)20-16-19(9-12-22-20)18-7-5-4-6-8-18/h3-9,20,22H,1,10-17H2,2H3. The van der Waals surface area contributed by atoms with Crippen LogP contribution in [0.2, 0.25) is 0 Å². The summed E-state index contributed by atoms with van der Waals surface area (Å²) in [5.74, 6) is 0.266. The maximum atomic E-state index is 13.1. The van der Waals surface area contributed by atoms with Gasteiger partial charge in [-0.2, -0.15) is 0 Å². The van der Waals surface area contributed by atoms with E-state index in [1.54, 1.807) is 0 Å². The van der Waals surface area contributed by atoms with Gasteiger partial charge in [-0.3, -0.25) is 10.2 Å². The van der Waals surface area contributed by atoms with E-state index < -0.39 is 15.2 Å². The van der Waals surface area contributed by atoms with Crippen molar-refractivity contribution in [2.24, 2.45) is 5.41 Å². The average molecular weight is 375 g/mol. The fraction of sp³-hybridized carbons (Fsp3) is 0.524. The molecule has 5 heteroatoms. The first-order valence-electron chi connectivity index (χ1n) is 9.45. The summed E-state index contributed by atoms with van der Waals surface area (Å²) < 4.78 is 26.2. The third-order valence-corrected chi connectivity index (χ3v) is 7.98. The summed E-state index contributed by atoms with van der Waals surface area (Å²) in [6.07, 6.45) is 6.42. The first-order chi connectivity index (χ1) is 12.4. The number of likely N-dealkylation sites (tertiary alicyclic amines) is 1. The fourth-order valence-corrected chi connectivity index (χ4v) is 6.24. The molecule has 142 valence electrons. The Morgan fingerprint density at radius 2 is 1.96 bits per heavy atom. The molecule has 2 aliphatic heterocycles. The Kier molecular flexibility index (Phi) is 6.00. The van der Waals surface area contributed by atoms with Gasteiger partial charge in [0.2, 0.25) is 0 Å². The van der Waals surface area contributed by atoms with Gasteiger partial charge in [0.05, 0.1) is 5.75 Å². The Morgan fingerprint density at radius 1 is 1.27 bits per heavy atom. The van der Waals surface area contributed by atoms with Crippen molar-refractivity contribution >= 4 is 15.4 Å². The molecule has 1 aromatic carbocycles. The maximum absolute atomic E-state index is 13.1. The highest BCUT2D eigenvalue weighted by atomic mass is 32.2. The molecular weight excluding hydrogens is 344 g/mol. The quantitative estimate of drug-likeness (QED) is 0.778. The van der Waals surface area contributed by atoms with Gasteiger partial charge in [0.25, 0.3) is 0 Å². The van der Waals surface area contributed by atoms with E-state index in [0.717, 1.165) is 43.6 Å². The fourth-order valence-electron chi connectivity index (χ4n) is 4.00. The van der Waals surface area contributed by atoms with Crippen LogP contribution in [0.4, 0.5) is 0 Å². The van der Waals surface area contributed by atoms with Crippen LogP contribution in [-0.2, 0) is 9.84 Å². The Labute approximate surface area is 157 Å². The largest absolute Gasteiger partial charge is 0.300 e. The maximum Gasteiger partial charge on any atom is 0.167 e. The van der Waals surface area contributed by atoms with Crippen LogP contribution in [-0.4, -0.2) is 50.6 Å². The van der Waals surface area contributed by atoms with Gasteiger partial charge < -0.3 is 0 Å². The summed E-state index contributed by atoms with van der Waals surface area (Å²) in [7, 11) is -3.20. The molecule has 0 bridgehead atoms. The highest BCUT2D eigenvalue weighted by molar-refractivity contribution is 7.92. The number of nitrogens with one attached hydrogen (secondary N) is 1. The number of sulfone groups is 1. The normalized spacial score (nSPS) is 24.0. The van der Waals surface area contributed by atoms with Crippen molar-refractivity contribution in [1.29, 1.82) is 0 Å². The lowest BCUT2D eigenvalue weighted by molar-refractivity contribution is 0.145. The van der Waals surface area contributed by atoms with Gasteiger partial charge in [-0.15, -0.1) is 6.58 Å². The van der Waals surface area contributed by atoms with Crippen molar-refractivity contribution in [1.82, 2.24) is 10.2 Å². The monoisotopic (exact) mass is 374 g/mol. The molecule has 0 aromatic heterocycles. The zero-order valence-corrected chi connectivity index (χ0v) is 16.5. The van der Waals surface area contributed by atoms with Crippen LogP contribution in [0.3, 0.4) is 0 Å². The summed E-state index contributed by atoms with van der Waals surface area (Å²) in [4.78, 5) is 2.34. The van der Waals surface area contributed by atoms with E-state index in [1.165, 1.54) is 0 Å². The number of nitrogens with zero attached hydrogens (tertiary/aromatic N) is 1. The molecule has 3 rings (SSSR count). The molecule has 1 N–H and O–H groups in total. The van der Waals surface area contributed by atoms with Crippen molar-refractivity contribution in [2.75, 3.05) is 31.9 Å². The Morgan fingerprint density at radius 3 is 2.62 bits per heavy atom. The van der Waals surface area contributed by atoms with E-state index in [1.807, 2.05) is 24.3 Å². The lowest BCUT2D eigenvalue weighted by atomic mass is 9.82. The van der Waals surface area contributed by atoms with Gasteiger partial charge in [0.15, 0.2) is 9.84 Å². The molecule has 26 heavy (non-hydrogen) atoms. The minimum Gasteiger partial charge on any atom is -0.300 e. The van der Waals surface area contributed by atoms with E-state index in [4.69, 9.17) is 0 Å². The van der Waals surface area contributed by atoms with Crippen LogP contribution in [0.1, 0.15) is 31.7 Å². The van der Waals surface area contributed by atoms with E-state index in [2.05, 4.69) is 41.9 Å². The van der Waals surface area contributed by atoms with Crippen LogP contribution in [0.15, 0.2) is 49.1 Å². The molecule has 0 saturated carbocycles. The third-order valence-electron chi connectivity index (χ3n) is 5.68. The van der Waals surface area contributed by atoms with Crippen molar-refractivity contribution in [3.05, 3.63) is 54.6 Å². The van der Waals surface area contributed by atoms with Crippen LogP contribution in [0, 0.1) is 5.41 Å². The molecule has 4 nitrogen and oxygen atoms in total. The SMILES string of the molecule is C=CCN1CCC(C)(CS(=O)(=O)C2CC(c3ccccc3)=CCN2)CC1. The van der Waals surface area contributed by atoms with Gasteiger partial charge in [-0.1, -0.05) is 49.4 Å². The van der Waals surface area contributed by atoms with Crippen molar-refractivity contribution in [3.8, 4) is 0 Å². The number of piperidine rings is 1. The Bertz CT molecular complexity index is 747. The van der Waals surface area contributed by atoms with E-state index in [-0.39, 0.29) is 11.2 Å². The molecule has 1 unspecified atom stereocenters. The molecule has 0 radical (unpaired) electrons. The van der Waals surface area contributed by atoms with Gasteiger partial charge in [0.1, 0.15) is 5.37 Å². The van der Waals surface area contributed by atoms with Crippen molar-refractivity contribution in [2.45, 2.75) is 31.6 Å². The third kappa shape index (κ3) is 4.64. The summed E-state index contributed by atoms with van der Waals surface area (Å²) in [6.45, 7) is 9.32. The van der Waals surface area contributed by atoms with Crippen LogP contribution in [0.5, 0.6) is 0 Å². The van der Waals surface area contributed by atoms with E-state index >= 15 is 0 Å². The predicted octanol–water partition coefficient (Wildman–Crippen LogP) is 3.09. The van der Waals surface area contributed by atoms with Crippen molar-refractivity contribution < 1.29 is 8.42 Å². The van der Waals surface area contributed by atoms with Crippen LogP contribution >= 0.6 is 0 Å². The first-order valence-corrected chi connectivity index (χ1v) is 11.2. The molecule has 0 aliphatic carbocycles. The molecule has 1 atom stereocenters. The molecule has 1 aromatic rings. The number of hydrogen-bond donors (Lipinski definition) is 1. The summed E-state index contributed by atoms with van der Waals surface area (Å²) in [6, 6.07) is 10.1. The Hall–Kier alpha value is -1.43. The minimum atomic E-state index is -3.20. The molecule has 0 spiro atoms. The highest BCUT2D eigenvalue weighted by Gasteiger charge is 2.38. The molecule has 0 amide bonds. The highest BCUT2D eigenvalue weighted by Crippen LogP contribution is 2.34. The second-order valence-corrected chi connectivity index (χ2v) is 10.1. The molecule has 1 saturated heterocycles. The van der Waals surface area contributed by atoms with Gasteiger partial charge >= 0.3 is 0 Å². The van der Waals surface area contributed by atoms with Crippen LogP contribution < -0.4 is 5.32 Å². The lowest BCUT2D eigenvalue weighted by Crippen LogP contribution is -2.47. The topological polar surface area (TPSA) is 49.4 Å². The zero-order valence-electron chi connectivity index (χ0n) is 15.7. The number of rotatable bonds is 6. The summed E-state index contributed by atoms with van der Waals surface area (Å²) in [5, 5.41) is 2.73. The summed E-state index contributed by atoms with van der Waals surface area (Å²) in [5.41, 5.74) is 2.12. The summed E-state index contributed by atoms with van der Waals surface area (Å²) >= 11 is 0. The number of benzene rings is 1. The van der Waals surface area contributed by atoms with E-state index in [0.29, 0.717) is 13.0 Å².